The Labute approximate surface area is 276 Å². The number of aryl methyl sites for hydroxylation is 5. The number of anilines is 1. The number of rotatable bonds is 10. The van der Waals surface area contributed by atoms with Crippen molar-refractivity contribution in [2.45, 2.75) is 100 Å². The maximum Gasteiger partial charge on any atom is 0.514 e. The minimum absolute atomic E-state index is 0.0304. The van der Waals surface area contributed by atoms with Crippen LogP contribution in [0.1, 0.15) is 105 Å². The molecule has 3 aromatic carbocycles. The van der Waals surface area contributed by atoms with Crippen LogP contribution in [0.4, 0.5) is 10.5 Å². The molecule has 0 spiro atoms. The highest BCUT2D eigenvalue weighted by molar-refractivity contribution is 5.88. The Morgan fingerprint density at radius 1 is 0.891 bits per heavy atom. The standard InChI is InChI=1S/C20H26O2.C19H28N2O3/c1-11(2)18(16-9-12(3)7-14(5)19(16)21)17-10-13(4)8-15(6)20(17)22;1-4-6-9-16(5-2)14-23-19(22)24-18-11-12-21(20-18)17-10-7-8-15(3)13-17/h7-11,18,21-22H,1-6H3;7-8,10,13,16H,4-6,9,11-12,14H2,1-3H3. The summed E-state index contributed by atoms with van der Waals surface area (Å²) < 4.78 is 10.5. The zero-order valence-corrected chi connectivity index (χ0v) is 29.3. The van der Waals surface area contributed by atoms with Gasteiger partial charge in [0, 0.05) is 23.5 Å². The molecule has 0 amide bonds. The fraction of sp³-hybridized carbons (Fsp3) is 0.487. The van der Waals surface area contributed by atoms with Gasteiger partial charge in [-0.25, -0.2) is 4.79 Å². The van der Waals surface area contributed by atoms with E-state index < -0.39 is 6.16 Å². The lowest BCUT2D eigenvalue weighted by molar-refractivity contribution is 0.0774. The third-order valence-electron chi connectivity index (χ3n) is 8.54. The van der Waals surface area contributed by atoms with Crippen molar-refractivity contribution in [2.24, 2.45) is 16.9 Å². The molecule has 3 aromatic rings. The number of benzene rings is 3. The summed E-state index contributed by atoms with van der Waals surface area (Å²) in [5, 5.41) is 27.3. The summed E-state index contributed by atoms with van der Waals surface area (Å²) in [7, 11) is 0. The highest BCUT2D eigenvalue weighted by Gasteiger charge is 2.26. The van der Waals surface area contributed by atoms with Crippen molar-refractivity contribution in [2.75, 3.05) is 18.2 Å². The van der Waals surface area contributed by atoms with Crippen molar-refractivity contribution < 1.29 is 24.5 Å². The third kappa shape index (κ3) is 10.0. The maximum absolute atomic E-state index is 11.8. The van der Waals surface area contributed by atoms with Crippen molar-refractivity contribution >= 4 is 17.7 Å². The van der Waals surface area contributed by atoms with Crippen LogP contribution < -0.4 is 5.01 Å². The van der Waals surface area contributed by atoms with Crippen LogP contribution in [0.3, 0.4) is 0 Å². The molecule has 2 N–H and O–H groups in total. The minimum atomic E-state index is -0.644. The predicted octanol–water partition coefficient (Wildman–Crippen LogP) is 10.0. The number of phenolic OH excluding ortho intramolecular Hbond substituents is 2. The van der Waals surface area contributed by atoms with Gasteiger partial charge >= 0.3 is 6.16 Å². The lowest BCUT2D eigenvalue weighted by Crippen LogP contribution is -2.17. The highest BCUT2D eigenvalue weighted by Crippen LogP contribution is 2.43. The summed E-state index contributed by atoms with van der Waals surface area (Å²) in [5.74, 6) is 1.73. The number of carbonyl (C=O) groups is 1. The van der Waals surface area contributed by atoms with Gasteiger partial charge in [-0.2, -0.15) is 0 Å². The zero-order chi connectivity index (χ0) is 34.0. The lowest BCUT2D eigenvalue weighted by Gasteiger charge is -2.26. The summed E-state index contributed by atoms with van der Waals surface area (Å²) in [5.41, 5.74) is 7.98. The molecule has 7 heteroatoms. The second kappa shape index (κ2) is 17.1. The normalized spacial score (nSPS) is 13.4. The van der Waals surface area contributed by atoms with E-state index in [2.05, 4.69) is 38.9 Å². The summed E-state index contributed by atoms with van der Waals surface area (Å²) in [6.45, 7) is 19.6. The maximum atomic E-state index is 11.8. The fourth-order valence-electron chi connectivity index (χ4n) is 6.04. The molecule has 1 unspecified atom stereocenters. The molecule has 0 aromatic heterocycles. The number of aromatic hydroxyl groups is 2. The van der Waals surface area contributed by atoms with Gasteiger partial charge in [0.2, 0.25) is 5.90 Å². The molecule has 0 fully saturated rings. The van der Waals surface area contributed by atoms with E-state index in [1.54, 1.807) is 0 Å². The lowest BCUT2D eigenvalue weighted by atomic mass is 9.79. The number of hydrogen-bond acceptors (Lipinski definition) is 7. The summed E-state index contributed by atoms with van der Waals surface area (Å²) in [6.07, 6.45) is 4.38. The number of hydrogen-bond donors (Lipinski definition) is 2. The number of phenols is 2. The summed E-state index contributed by atoms with van der Waals surface area (Å²) in [4.78, 5) is 11.8. The number of ether oxygens (including phenoxy) is 2. The van der Waals surface area contributed by atoms with Crippen LogP contribution >= 0.6 is 0 Å². The molecule has 0 radical (unpaired) electrons. The Balaban J connectivity index is 0.000000251. The molecule has 1 aliphatic rings. The van der Waals surface area contributed by atoms with Gasteiger partial charge < -0.3 is 19.7 Å². The number of unbranched alkanes of at least 4 members (excludes halogenated alkanes) is 1. The van der Waals surface area contributed by atoms with Crippen LogP contribution in [0, 0.1) is 46.5 Å². The van der Waals surface area contributed by atoms with Crippen molar-refractivity contribution in [1.82, 2.24) is 0 Å². The van der Waals surface area contributed by atoms with Gasteiger partial charge in [0.25, 0.3) is 0 Å². The highest BCUT2D eigenvalue weighted by atomic mass is 16.7. The van der Waals surface area contributed by atoms with Gasteiger partial charge in [0.1, 0.15) is 11.5 Å². The Morgan fingerprint density at radius 2 is 1.50 bits per heavy atom. The van der Waals surface area contributed by atoms with Gasteiger partial charge in [-0.3, -0.25) is 5.01 Å². The first-order chi connectivity index (χ1) is 21.8. The monoisotopic (exact) mass is 630 g/mol. The molecule has 1 heterocycles. The van der Waals surface area contributed by atoms with Crippen molar-refractivity contribution in [1.29, 1.82) is 0 Å². The largest absolute Gasteiger partial charge is 0.514 e. The molecular weight excluding hydrogens is 576 g/mol. The van der Waals surface area contributed by atoms with Gasteiger partial charge in [-0.15, -0.1) is 5.10 Å². The molecule has 4 rings (SSSR count). The zero-order valence-electron chi connectivity index (χ0n) is 29.3. The molecule has 1 aliphatic heterocycles. The topological polar surface area (TPSA) is 91.6 Å². The van der Waals surface area contributed by atoms with Gasteiger partial charge in [-0.05, 0) is 81.7 Å². The number of hydrazone groups is 1. The van der Waals surface area contributed by atoms with Crippen LogP contribution in [-0.4, -0.2) is 35.4 Å². The van der Waals surface area contributed by atoms with Gasteiger partial charge in [0.05, 0.1) is 18.8 Å². The van der Waals surface area contributed by atoms with Crippen molar-refractivity contribution in [3.63, 3.8) is 0 Å². The van der Waals surface area contributed by atoms with Gasteiger partial charge in [0.15, 0.2) is 0 Å². The second-order valence-electron chi connectivity index (χ2n) is 13.0. The first-order valence-electron chi connectivity index (χ1n) is 16.7. The van der Waals surface area contributed by atoms with E-state index in [4.69, 9.17) is 9.47 Å². The van der Waals surface area contributed by atoms with E-state index in [0.29, 0.717) is 42.9 Å². The van der Waals surface area contributed by atoms with E-state index in [1.165, 1.54) is 5.56 Å². The molecule has 0 bridgehead atoms. The Kier molecular flexibility index (Phi) is 13.5. The molecule has 0 saturated heterocycles. The first kappa shape index (κ1) is 36.5. The van der Waals surface area contributed by atoms with Crippen LogP contribution in [0.2, 0.25) is 0 Å². The third-order valence-corrected chi connectivity index (χ3v) is 8.54. The smallest absolute Gasteiger partial charge is 0.507 e. The van der Waals surface area contributed by atoms with E-state index in [9.17, 15) is 15.0 Å². The number of nitrogens with zero attached hydrogens (tertiary/aromatic N) is 2. The van der Waals surface area contributed by atoms with E-state index >= 15 is 0 Å². The van der Waals surface area contributed by atoms with Crippen molar-refractivity contribution in [3.8, 4) is 11.5 Å². The molecule has 0 saturated carbocycles. The van der Waals surface area contributed by atoms with Crippen molar-refractivity contribution in [3.05, 3.63) is 87.5 Å². The van der Waals surface area contributed by atoms with Crippen LogP contribution in [0.15, 0.2) is 53.6 Å². The molecule has 46 heavy (non-hydrogen) atoms. The Morgan fingerprint density at radius 3 is 2.02 bits per heavy atom. The predicted molar refractivity (Wildman–Crippen MR) is 188 cm³/mol. The average Bonchev–Trinajstić information content (AvgIpc) is 3.46. The fourth-order valence-corrected chi connectivity index (χ4v) is 6.04. The minimum Gasteiger partial charge on any atom is -0.507 e. The molecule has 250 valence electrons. The van der Waals surface area contributed by atoms with E-state index in [0.717, 1.165) is 64.8 Å². The van der Waals surface area contributed by atoms with Crippen LogP contribution in [0.5, 0.6) is 11.5 Å². The second-order valence-corrected chi connectivity index (χ2v) is 13.0. The SMILES string of the molecule is CCCCC(CC)COC(=O)OC1=NN(c2cccc(C)c2)CC1.Cc1cc(C)c(O)c(C(c2cc(C)cc(C)c2O)C(C)C)c1. The van der Waals surface area contributed by atoms with Crippen LogP contribution in [-0.2, 0) is 9.47 Å². The Bertz CT molecular complexity index is 1440. The van der Waals surface area contributed by atoms with Gasteiger partial charge in [-0.1, -0.05) is 94.5 Å². The summed E-state index contributed by atoms with van der Waals surface area (Å²) in [6, 6.07) is 16.1. The van der Waals surface area contributed by atoms with Crippen LogP contribution in [0.25, 0.3) is 0 Å². The quantitative estimate of drug-likeness (QED) is 0.217. The summed E-state index contributed by atoms with van der Waals surface area (Å²) >= 11 is 0. The molecular formula is C39H54N2O5. The average molecular weight is 631 g/mol. The Hall–Kier alpha value is -4.00. The number of carbonyl (C=O) groups excluding carboxylic acids is 1. The van der Waals surface area contributed by atoms with E-state index in [1.807, 2.05) is 82.1 Å². The first-order valence-corrected chi connectivity index (χ1v) is 16.7. The molecule has 0 aliphatic carbocycles. The molecule has 7 nitrogen and oxygen atoms in total. The molecule has 1 atom stereocenters. The van der Waals surface area contributed by atoms with E-state index in [-0.39, 0.29) is 11.8 Å².